The Hall–Kier alpha value is -2.92. The number of hydrogen-bond acceptors (Lipinski definition) is 4. The van der Waals surface area contributed by atoms with Crippen LogP contribution in [0.3, 0.4) is 0 Å². The van der Waals surface area contributed by atoms with Crippen molar-refractivity contribution >= 4 is 27.5 Å². The van der Waals surface area contributed by atoms with E-state index in [9.17, 15) is 31.2 Å². The minimum Gasteiger partial charge on any atom is -0.354 e. The lowest BCUT2D eigenvalue weighted by Gasteiger charge is -2.18. The van der Waals surface area contributed by atoms with Crippen LogP contribution in [0.5, 0.6) is 0 Å². The molecule has 1 unspecified atom stereocenters. The van der Waals surface area contributed by atoms with Gasteiger partial charge in [0.25, 0.3) is 0 Å². The maximum Gasteiger partial charge on any atom is 0.416 e. The van der Waals surface area contributed by atoms with Crippen molar-refractivity contribution in [1.82, 2.24) is 10.0 Å². The number of rotatable bonds is 7. The van der Waals surface area contributed by atoms with Crippen molar-refractivity contribution in [2.75, 3.05) is 24.5 Å². The molecule has 1 fully saturated rings. The van der Waals surface area contributed by atoms with E-state index >= 15 is 0 Å². The predicted molar refractivity (Wildman–Crippen MR) is 107 cm³/mol. The molecule has 1 saturated heterocycles. The maximum atomic E-state index is 12.9. The molecular weight excluding hydrogens is 435 g/mol. The number of carbonyl (C=O) groups excluding carboxylic acids is 2. The van der Waals surface area contributed by atoms with Crippen molar-refractivity contribution in [2.45, 2.75) is 17.5 Å². The minimum atomic E-state index is -4.54. The summed E-state index contributed by atoms with van der Waals surface area (Å²) in [6, 6.07) is 12.1. The van der Waals surface area contributed by atoms with E-state index in [-0.39, 0.29) is 36.6 Å². The Balaban J connectivity index is 1.53. The number of benzene rings is 2. The van der Waals surface area contributed by atoms with Crippen LogP contribution in [-0.4, -0.2) is 39.9 Å². The first-order valence-corrected chi connectivity index (χ1v) is 10.9. The summed E-state index contributed by atoms with van der Waals surface area (Å²) in [4.78, 5) is 25.8. The van der Waals surface area contributed by atoms with Gasteiger partial charge in [-0.2, -0.15) is 13.2 Å². The third-order valence-electron chi connectivity index (χ3n) is 4.75. The largest absolute Gasteiger partial charge is 0.416 e. The molecule has 1 heterocycles. The van der Waals surface area contributed by atoms with Crippen molar-refractivity contribution in [2.24, 2.45) is 5.92 Å². The van der Waals surface area contributed by atoms with E-state index in [0.717, 1.165) is 17.0 Å². The first-order chi connectivity index (χ1) is 14.6. The molecule has 0 aromatic heterocycles. The Morgan fingerprint density at radius 2 is 1.77 bits per heavy atom. The van der Waals surface area contributed by atoms with Crippen LogP contribution in [0.25, 0.3) is 0 Å². The van der Waals surface area contributed by atoms with Gasteiger partial charge in [0.1, 0.15) is 0 Å². The molecule has 0 aliphatic carbocycles. The van der Waals surface area contributed by atoms with E-state index in [1.807, 2.05) is 0 Å². The molecule has 7 nitrogen and oxygen atoms in total. The summed E-state index contributed by atoms with van der Waals surface area (Å²) in [5, 5.41) is 2.55. The van der Waals surface area contributed by atoms with Gasteiger partial charge in [0.05, 0.1) is 16.4 Å². The zero-order chi connectivity index (χ0) is 22.6. The molecule has 11 heteroatoms. The van der Waals surface area contributed by atoms with Crippen molar-refractivity contribution in [1.29, 1.82) is 0 Å². The number of sulfonamides is 1. The number of anilines is 1. The Labute approximate surface area is 177 Å². The highest BCUT2D eigenvalue weighted by atomic mass is 32.2. The van der Waals surface area contributed by atoms with Gasteiger partial charge in [-0.1, -0.05) is 24.3 Å². The summed E-state index contributed by atoms with van der Waals surface area (Å²) < 4.78 is 65.3. The molecule has 2 aromatic rings. The number of carbonyl (C=O) groups is 2. The van der Waals surface area contributed by atoms with Gasteiger partial charge in [0, 0.05) is 31.7 Å². The predicted octanol–water partition coefficient (Wildman–Crippen LogP) is 2.15. The molecule has 2 N–H and O–H groups in total. The second-order valence-electron chi connectivity index (χ2n) is 6.96. The van der Waals surface area contributed by atoms with Gasteiger partial charge in [-0.05, 0) is 30.3 Å². The van der Waals surface area contributed by atoms with E-state index in [1.54, 1.807) is 18.2 Å². The molecule has 3 rings (SSSR count). The van der Waals surface area contributed by atoms with Crippen LogP contribution in [-0.2, 0) is 25.8 Å². The van der Waals surface area contributed by atoms with Crippen LogP contribution in [0.1, 0.15) is 12.0 Å². The van der Waals surface area contributed by atoms with Gasteiger partial charge in [-0.25, -0.2) is 13.1 Å². The Kier molecular flexibility index (Phi) is 6.65. The smallest absolute Gasteiger partial charge is 0.354 e. The maximum absolute atomic E-state index is 12.9. The van der Waals surface area contributed by atoms with Gasteiger partial charge < -0.3 is 10.2 Å². The third-order valence-corrected chi connectivity index (χ3v) is 6.23. The summed E-state index contributed by atoms with van der Waals surface area (Å²) in [5.74, 6) is -1.67. The SMILES string of the molecule is O=C(NCCNS(=O)(=O)c1ccccc1)C1CC(=O)N(c2cccc(C(F)(F)F)c2)C1. The quantitative estimate of drug-likeness (QED) is 0.626. The number of halogens is 3. The van der Waals surface area contributed by atoms with Crippen molar-refractivity contribution in [3.8, 4) is 0 Å². The lowest BCUT2D eigenvalue weighted by atomic mass is 10.1. The molecule has 1 atom stereocenters. The first-order valence-electron chi connectivity index (χ1n) is 9.38. The highest BCUT2D eigenvalue weighted by Crippen LogP contribution is 2.33. The lowest BCUT2D eigenvalue weighted by molar-refractivity contribution is -0.137. The molecule has 2 amide bonds. The molecule has 0 bridgehead atoms. The van der Waals surface area contributed by atoms with Crippen molar-refractivity contribution in [3.63, 3.8) is 0 Å². The lowest BCUT2D eigenvalue weighted by Crippen LogP contribution is -2.38. The highest BCUT2D eigenvalue weighted by Gasteiger charge is 2.36. The fraction of sp³-hybridized carbons (Fsp3) is 0.300. The van der Waals surface area contributed by atoms with E-state index in [2.05, 4.69) is 10.0 Å². The third kappa shape index (κ3) is 5.61. The molecule has 0 saturated carbocycles. The van der Waals surface area contributed by atoms with Gasteiger partial charge >= 0.3 is 6.18 Å². The van der Waals surface area contributed by atoms with Crippen LogP contribution < -0.4 is 14.9 Å². The second kappa shape index (κ2) is 9.06. The van der Waals surface area contributed by atoms with Crippen LogP contribution in [0.15, 0.2) is 59.5 Å². The fourth-order valence-electron chi connectivity index (χ4n) is 3.18. The summed E-state index contributed by atoms with van der Waals surface area (Å²) in [6.45, 7) is -0.109. The fourth-order valence-corrected chi connectivity index (χ4v) is 4.23. The van der Waals surface area contributed by atoms with Gasteiger partial charge in [-0.3, -0.25) is 9.59 Å². The van der Waals surface area contributed by atoms with Crippen molar-refractivity contribution < 1.29 is 31.2 Å². The van der Waals surface area contributed by atoms with E-state index in [0.29, 0.717) is 0 Å². The van der Waals surface area contributed by atoms with Crippen LogP contribution in [0.2, 0.25) is 0 Å². The van der Waals surface area contributed by atoms with Crippen LogP contribution in [0.4, 0.5) is 18.9 Å². The average Bonchev–Trinajstić information content (AvgIpc) is 3.13. The van der Waals surface area contributed by atoms with Crippen LogP contribution >= 0.6 is 0 Å². The summed E-state index contributed by atoms with van der Waals surface area (Å²) in [6.07, 6.45) is -4.68. The molecule has 2 aromatic carbocycles. The highest BCUT2D eigenvalue weighted by molar-refractivity contribution is 7.89. The molecule has 0 radical (unpaired) electrons. The molecule has 0 spiro atoms. The monoisotopic (exact) mass is 455 g/mol. The number of alkyl halides is 3. The van der Waals surface area contributed by atoms with Gasteiger partial charge in [0.15, 0.2) is 0 Å². The Bertz CT molecular complexity index is 1060. The van der Waals surface area contributed by atoms with Crippen LogP contribution in [0, 0.1) is 5.92 Å². The van der Waals surface area contributed by atoms with Gasteiger partial charge in [-0.15, -0.1) is 0 Å². The molecular formula is C20H20F3N3O4S. The number of nitrogens with one attached hydrogen (secondary N) is 2. The summed E-state index contributed by atoms with van der Waals surface area (Å²) in [7, 11) is -3.70. The van der Waals surface area contributed by atoms with E-state index in [1.165, 1.54) is 24.3 Å². The first kappa shape index (κ1) is 22.8. The zero-order valence-electron chi connectivity index (χ0n) is 16.2. The molecule has 1 aliphatic rings. The topological polar surface area (TPSA) is 95.6 Å². The molecule has 166 valence electrons. The number of nitrogens with zero attached hydrogens (tertiary/aromatic N) is 1. The zero-order valence-corrected chi connectivity index (χ0v) is 17.0. The Morgan fingerprint density at radius 3 is 2.45 bits per heavy atom. The van der Waals surface area contributed by atoms with Crippen molar-refractivity contribution in [3.05, 3.63) is 60.2 Å². The van der Waals surface area contributed by atoms with E-state index in [4.69, 9.17) is 0 Å². The normalized spacial score (nSPS) is 17.1. The van der Waals surface area contributed by atoms with Gasteiger partial charge in [0.2, 0.25) is 21.8 Å². The average molecular weight is 455 g/mol. The standard InChI is InChI=1S/C20H20F3N3O4S/c21-20(22,23)15-5-4-6-16(12-15)26-13-14(11-18(26)27)19(28)24-9-10-25-31(29,30)17-7-2-1-3-8-17/h1-8,12,14,25H,9-11,13H2,(H,24,28). The minimum absolute atomic E-state index is 0.000847. The molecule has 1 aliphatic heterocycles. The van der Waals surface area contributed by atoms with E-state index < -0.39 is 39.5 Å². The number of hydrogen-bond donors (Lipinski definition) is 2. The molecule has 31 heavy (non-hydrogen) atoms. The summed E-state index contributed by atoms with van der Waals surface area (Å²) >= 11 is 0. The number of amides is 2. The second-order valence-corrected chi connectivity index (χ2v) is 8.72. The summed E-state index contributed by atoms with van der Waals surface area (Å²) in [5.41, 5.74) is -0.804. The Morgan fingerprint density at radius 1 is 1.06 bits per heavy atom.